The molecule has 1 aromatic heterocycles. The molecule has 0 bridgehead atoms. The minimum Gasteiger partial charge on any atom is -0.280 e. The van der Waals surface area contributed by atoms with Gasteiger partial charge in [0, 0.05) is 6.42 Å². The van der Waals surface area contributed by atoms with Gasteiger partial charge in [-0.2, -0.15) is 4.80 Å². The third-order valence-corrected chi connectivity index (χ3v) is 2.40. The van der Waals surface area contributed by atoms with E-state index in [1.165, 1.54) is 16.6 Å². The van der Waals surface area contributed by atoms with Crippen molar-refractivity contribution in [2.24, 2.45) is 0 Å². The summed E-state index contributed by atoms with van der Waals surface area (Å²) >= 11 is 6.51. The monoisotopic (exact) mass is 220 g/mol. The molecule has 0 spiro atoms. The predicted molar refractivity (Wildman–Crippen MR) is 50.5 cm³/mol. The number of hydrogen-bond acceptors (Lipinski definition) is 5. The van der Waals surface area contributed by atoms with E-state index < -0.39 is 0 Å². The summed E-state index contributed by atoms with van der Waals surface area (Å²) in [7, 11) is 0. The number of aromatic nitrogens is 4. The SMILES string of the molecule is CCc1nnn(CSCC(=O)Cl)n1. The topological polar surface area (TPSA) is 60.7 Å². The van der Waals surface area contributed by atoms with E-state index in [0.29, 0.717) is 11.7 Å². The second-order valence-electron chi connectivity index (χ2n) is 2.26. The Hall–Kier alpha value is -0.620. The van der Waals surface area contributed by atoms with Gasteiger partial charge in [0.05, 0.1) is 5.75 Å². The number of thioether (sulfide) groups is 1. The summed E-state index contributed by atoms with van der Waals surface area (Å²) in [6, 6.07) is 0. The average molecular weight is 221 g/mol. The fraction of sp³-hybridized carbons (Fsp3) is 0.667. The maximum Gasteiger partial charge on any atom is 0.231 e. The molecule has 0 saturated heterocycles. The van der Waals surface area contributed by atoms with E-state index in [1.807, 2.05) is 6.92 Å². The Morgan fingerprint density at radius 1 is 1.69 bits per heavy atom. The minimum absolute atomic E-state index is 0.268. The molecule has 0 radical (unpaired) electrons. The number of carbonyl (C=O) groups is 1. The van der Waals surface area contributed by atoms with Crippen molar-refractivity contribution in [3.8, 4) is 0 Å². The highest BCUT2D eigenvalue weighted by Gasteiger charge is 2.01. The molecule has 5 nitrogen and oxygen atoms in total. The molecular formula is C6H9ClN4OS. The van der Waals surface area contributed by atoms with Gasteiger partial charge in [0.1, 0.15) is 5.88 Å². The van der Waals surface area contributed by atoms with Crippen LogP contribution in [0.3, 0.4) is 0 Å². The summed E-state index contributed by atoms with van der Waals surface area (Å²) in [5.74, 6) is 1.48. The Bertz CT molecular complexity index is 290. The Kier molecular flexibility index (Phi) is 4.17. The van der Waals surface area contributed by atoms with E-state index in [-0.39, 0.29) is 11.0 Å². The molecule has 1 rings (SSSR count). The molecule has 1 heterocycles. The summed E-state index contributed by atoms with van der Waals surface area (Å²) < 4.78 is 0. The van der Waals surface area contributed by atoms with Gasteiger partial charge in [0.15, 0.2) is 5.82 Å². The van der Waals surface area contributed by atoms with E-state index in [4.69, 9.17) is 11.6 Å². The molecule has 7 heteroatoms. The lowest BCUT2D eigenvalue weighted by Gasteiger charge is -1.94. The lowest BCUT2D eigenvalue weighted by Crippen LogP contribution is -2.02. The van der Waals surface area contributed by atoms with Crippen LogP contribution in [0.25, 0.3) is 0 Å². The van der Waals surface area contributed by atoms with E-state index >= 15 is 0 Å². The molecule has 0 atom stereocenters. The highest BCUT2D eigenvalue weighted by molar-refractivity contribution is 7.99. The van der Waals surface area contributed by atoms with Crippen molar-refractivity contribution in [3.05, 3.63) is 5.82 Å². The molecule has 1 aromatic rings. The maximum atomic E-state index is 10.4. The van der Waals surface area contributed by atoms with Gasteiger partial charge in [-0.15, -0.1) is 22.0 Å². The molecule has 72 valence electrons. The summed E-state index contributed by atoms with van der Waals surface area (Å²) in [5.41, 5.74) is 0. The first kappa shape index (κ1) is 10.5. The van der Waals surface area contributed by atoms with Crippen molar-refractivity contribution in [1.29, 1.82) is 0 Å². The van der Waals surface area contributed by atoms with Crippen LogP contribution in [0, 0.1) is 0 Å². The van der Waals surface area contributed by atoms with Crippen LogP contribution in [0.4, 0.5) is 0 Å². The largest absolute Gasteiger partial charge is 0.280 e. The number of nitrogens with zero attached hydrogens (tertiary/aromatic N) is 4. The van der Waals surface area contributed by atoms with Crippen molar-refractivity contribution in [3.63, 3.8) is 0 Å². The van der Waals surface area contributed by atoms with Gasteiger partial charge >= 0.3 is 0 Å². The number of carbonyl (C=O) groups excluding carboxylic acids is 1. The molecule has 0 unspecified atom stereocenters. The van der Waals surface area contributed by atoms with Crippen molar-refractivity contribution in [2.45, 2.75) is 19.2 Å². The van der Waals surface area contributed by atoms with Crippen LogP contribution in [0.1, 0.15) is 12.7 Å². The Balaban J connectivity index is 2.32. The standard InChI is InChI=1S/C6H9ClN4OS/c1-2-6-8-10-11(9-6)4-13-3-5(7)12/h2-4H2,1H3. The van der Waals surface area contributed by atoms with Crippen LogP contribution in [-0.4, -0.2) is 31.2 Å². The smallest absolute Gasteiger partial charge is 0.231 e. The fourth-order valence-electron chi connectivity index (χ4n) is 0.680. The zero-order valence-electron chi connectivity index (χ0n) is 7.10. The molecule has 0 amide bonds. The molecule has 0 aliphatic heterocycles. The number of aryl methyl sites for hydroxylation is 1. The molecule has 0 saturated carbocycles. The molecule has 0 fully saturated rings. The quantitative estimate of drug-likeness (QED) is 0.684. The Morgan fingerprint density at radius 2 is 2.46 bits per heavy atom. The van der Waals surface area contributed by atoms with E-state index in [9.17, 15) is 4.79 Å². The van der Waals surface area contributed by atoms with Crippen LogP contribution in [0.5, 0.6) is 0 Å². The summed E-state index contributed by atoms with van der Waals surface area (Å²) in [6.07, 6.45) is 0.763. The van der Waals surface area contributed by atoms with Crippen LogP contribution in [-0.2, 0) is 17.1 Å². The first-order valence-electron chi connectivity index (χ1n) is 3.75. The normalized spacial score (nSPS) is 10.3. The molecule has 0 aliphatic carbocycles. The number of rotatable bonds is 5. The minimum atomic E-state index is -0.360. The van der Waals surface area contributed by atoms with Crippen LogP contribution in [0.2, 0.25) is 0 Å². The molecule has 0 N–H and O–H groups in total. The van der Waals surface area contributed by atoms with Crippen molar-refractivity contribution in [2.75, 3.05) is 5.75 Å². The van der Waals surface area contributed by atoms with Gasteiger partial charge in [-0.1, -0.05) is 6.92 Å². The van der Waals surface area contributed by atoms with Crippen LogP contribution in [0.15, 0.2) is 0 Å². The highest BCUT2D eigenvalue weighted by atomic mass is 35.5. The Labute approximate surface area is 84.8 Å². The summed E-state index contributed by atoms with van der Waals surface area (Å²) in [4.78, 5) is 11.8. The zero-order valence-corrected chi connectivity index (χ0v) is 8.68. The third-order valence-electron chi connectivity index (χ3n) is 1.23. The second-order valence-corrected chi connectivity index (χ2v) is 3.64. The molecular weight excluding hydrogens is 212 g/mol. The van der Waals surface area contributed by atoms with Gasteiger partial charge in [0.2, 0.25) is 5.24 Å². The number of halogens is 1. The molecule has 0 aromatic carbocycles. The van der Waals surface area contributed by atoms with Crippen LogP contribution >= 0.6 is 23.4 Å². The second kappa shape index (κ2) is 5.18. The van der Waals surface area contributed by atoms with E-state index in [0.717, 1.165) is 6.42 Å². The summed E-state index contributed by atoms with van der Waals surface area (Å²) in [6.45, 7) is 1.96. The first-order valence-corrected chi connectivity index (χ1v) is 5.28. The third kappa shape index (κ3) is 3.73. The fourth-order valence-corrected chi connectivity index (χ4v) is 1.44. The van der Waals surface area contributed by atoms with Crippen molar-refractivity contribution < 1.29 is 4.79 Å². The number of hydrogen-bond donors (Lipinski definition) is 0. The van der Waals surface area contributed by atoms with Gasteiger partial charge < -0.3 is 0 Å². The van der Waals surface area contributed by atoms with E-state index in [2.05, 4.69) is 15.4 Å². The van der Waals surface area contributed by atoms with Gasteiger partial charge in [-0.05, 0) is 16.8 Å². The Morgan fingerprint density at radius 3 is 3.00 bits per heavy atom. The number of tetrazole rings is 1. The molecule has 13 heavy (non-hydrogen) atoms. The predicted octanol–water partition coefficient (Wildman–Crippen LogP) is 0.692. The molecule has 0 aliphatic rings. The van der Waals surface area contributed by atoms with Crippen LogP contribution < -0.4 is 0 Å². The van der Waals surface area contributed by atoms with E-state index in [1.54, 1.807) is 0 Å². The van der Waals surface area contributed by atoms with Gasteiger partial charge in [-0.3, -0.25) is 4.79 Å². The average Bonchev–Trinajstić information content (AvgIpc) is 2.52. The zero-order chi connectivity index (χ0) is 9.68. The summed E-state index contributed by atoms with van der Waals surface area (Å²) in [5, 5.41) is 11.3. The van der Waals surface area contributed by atoms with Gasteiger partial charge in [-0.25, -0.2) is 0 Å². The lowest BCUT2D eigenvalue weighted by atomic mass is 10.5. The first-order chi connectivity index (χ1) is 6.22. The van der Waals surface area contributed by atoms with Gasteiger partial charge in [0.25, 0.3) is 0 Å². The highest BCUT2D eigenvalue weighted by Crippen LogP contribution is 2.04. The maximum absolute atomic E-state index is 10.4. The lowest BCUT2D eigenvalue weighted by molar-refractivity contribution is -0.109. The van der Waals surface area contributed by atoms with Crippen molar-refractivity contribution >= 4 is 28.6 Å². The van der Waals surface area contributed by atoms with Crippen molar-refractivity contribution in [1.82, 2.24) is 20.2 Å².